The molecule has 0 aliphatic carbocycles. The summed E-state index contributed by atoms with van der Waals surface area (Å²) < 4.78 is 5.80. The van der Waals surface area contributed by atoms with Crippen molar-refractivity contribution < 1.29 is 20.1 Å². The molecule has 0 saturated heterocycles. The van der Waals surface area contributed by atoms with Gasteiger partial charge in [0.05, 0.1) is 25.9 Å². The van der Waals surface area contributed by atoms with Gasteiger partial charge in [0.2, 0.25) is 0 Å². The molecular weight excluding hydrogens is 449 g/mol. The monoisotopic (exact) mass is 475 g/mol. The summed E-state index contributed by atoms with van der Waals surface area (Å²) in [6.45, 7) is 1.59. The third-order valence-electron chi connectivity index (χ3n) is 5.16. The van der Waals surface area contributed by atoms with Crippen LogP contribution >= 0.6 is 23.2 Å². The number of rotatable bonds is 11. The zero-order valence-electron chi connectivity index (χ0n) is 17.6. The summed E-state index contributed by atoms with van der Waals surface area (Å²) in [5.41, 5.74) is 4.06. The minimum Gasteiger partial charge on any atom is -0.508 e. The molecule has 32 heavy (non-hydrogen) atoms. The molecule has 0 fully saturated rings. The average Bonchev–Trinajstić information content (AvgIpc) is 2.79. The highest BCUT2D eigenvalue weighted by atomic mass is 35.5. The fourth-order valence-corrected chi connectivity index (χ4v) is 3.85. The van der Waals surface area contributed by atoms with Crippen LogP contribution in [0.1, 0.15) is 33.9 Å². The van der Waals surface area contributed by atoms with Crippen LogP contribution in [0.2, 0.25) is 10.0 Å². The van der Waals surface area contributed by atoms with Crippen molar-refractivity contribution in [1.82, 2.24) is 5.32 Å². The zero-order chi connectivity index (χ0) is 22.9. The van der Waals surface area contributed by atoms with Gasteiger partial charge in [-0.1, -0.05) is 59.6 Å². The van der Waals surface area contributed by atoms with Crippen molar-refractivity contribution >= 4 is 23.2 Å². The number of hydrogen-bond acceptors (Lipinski definition) is 5. The zero-order valence-corrected chi connectivity index (χ0v) is 19.1. The van der Waals surface area contributed by atoms with Crippen molar-refractivity contribution in [3.63, 3.8) is 0 Å². The Kier molecular flexibility index (Phi) is 9.36. The van der Waals surface area contributed by atoms with E-state index in [-0.39, 0.29) is 12.4 Å². The van der Waals surface area contributed by atoms with E-state index in [9.17, 15) is 15.3 Å². The van der Waals surface area contributed by atoms with Crippen LogP contribution in [0.15, 0.2) is 60.7 Å². The van der Waals surface area contributed by atoms with Crippen LogP contribution in [0.3, 0.4) is 0 Å². The van der Waals surface area contributed by atoms with E-state index >= 15 is 0 Å². The van der Waals surface area contributed by atoms with Gasteiger partial charge in [0, 0.05) is 27.7 Å². The summed E-state index contributed by atoms with van der Waals surface area (Å²) in [7, 11) is 0. The van der Waals surface area contributed by atoms with E-state index in [1.54, 1.807) is 24.3 Å². The fourth-order valence-electron chi connectivity index (χ4n) is 3.34. The lowest BCUT2D eigenvalue weighted by molar-refractivity contribution is 0.107. The Morgan fingerprint density at radius 3 is 2.38 bits per heavy atom. The number of phenols is 1. The number of aliphatic hydroxyl groups excluding tert-OH is 2. The standard InChI is InChI=1S/C25H27Cl2NO4/c26-22-5-2-6-23(27)21(22)16-32-15-18-4-1-3-17(11-18)9-10-28-13-25(31)19-7-8-24(30)20(12-19)14-29/h1-8,11-12,25,28-31H,9-10,13-16H2/t25-/m0/s1. The second-order valence-electron chi connectivity index (χ2n) is 7.53. The summed E-state index contributed by atoms with van der Waals surface area (Å²) in [5, 5.41) is 33.7. The second-order valence-corrected chi connectivity index (χ2v) is 8.34. The van der Waals surface area contributed by atoms with Gasteiger partial charge in [-0.05, 0) is 53.9 Å². The lowest BCUT2D eigenvalue weighted by atomic mass is 10.0. The van der Waals surface area contributed by atoms with Crippen LogP contribution in [-0.4, -0.2) is 28.4 Å². The highest BCUT2D eigenvalue weighted by molar-refractivity contribution is 6.35. The largest absolute Gasteiger partial charge is 0.508 e. The predicted octanol–water partition coefficient (Wildman–Crippen LogP) is 4.77. The first-order valence-corrected chi connectivity index (χ1v) is 11.1. The molecule has 4 N–H and O–H groups in total. The normalized spacial score (nSPS) is 12.1. The summed E-state index contributed by atoms with van der Waals surface area (Å²) in [6.07, 6.45) is 0.0752. The van der Waals surface area contributed by atoms with Crippen molar-refractivity contribution in [3.8, 4) is 5.75 Å². The van der Waals surface area contributed by atoms with E-state index in [1.165, 1.54) is 6.07 Å². The summed E-state index contributed by atoms with van der Waals surface area (Å²) in [5.74, 6) is 0.0234. The fraction of sp³-hybridized carbons (Fsp3) is 0.280. The Labute approximate surface area is 198 Å². The lowest BCUT2D eigenvalue weighted by Crippen LogP contribution is -2.23. The van der Waals surface area contributed by atoms with E-state index in [2.05, 4.69) is 17.4 Å². The molecule has 7 heteroatoms. The van der Waals surface area contributed by atoms with Crippen molar-refractivity contribution in [1.29, 1.82) is 0 Å². The average molecular weight is 476 g/mol. The third-order valence-corrected chi connectivity index (χ3v) is 5.86. The maximum Gasteiger partial charge on any atom is 0.121 e. The van der Waals surface area contributed by atoms with Crippen LogP contribution in [0.5, 0.6) is 5.75 Å². The highest BCUT2D eigenvalue weighted by Gasteiger charge is 2.10. The molecule has 0 unspecified atom stereocenters. The van der Waals surface area contributed by atoms with Crippen molar-refractivity contribution in [2.75, 3.05) is 13.1 Å². The number of halogens is 2. The molecule has 170 valence electrons. The van der Waals surface area contributed by atoms with Gasteiger partial charge in [-0.15, -0.1) is 0 Å². The molecule has 0 aliphatic rings. The first-order chi connectivity index (χ1) is 15.5. The van der Waals surface area contributed by atoms with Crippen LogP contribution in [0, 0.1) is 0 Å². The van der Waals surface area contributed by atoms with Gasteiger partial charge < -0.3 is 25.4 Å². The Balaban J connectivity index is 1.44. The molecule has 3 aromatic rings. The molecule has 0 saturated carbocycles. The van der Waals surface area contributed by atoms with Crippen molar-refractivity contribution in [3.05, 3.63) is 98.5 Å². The van der Waals surface area contributed by atoms with E-state index in [1.807, 2.05) is 18.2 Å². The minimum absolute atomic E-state index is 0.0234. The third kappa shape index (κ3) is 6.94. The lowest BCUT2D eigenvalue weighted by Gasteiger charge is -2.14. The topological polar surface area (TPSA) is 82.0 Å². The highest BCUT2D eigenvalue weighted by Crippen LogP contribution is 2.25. The molecular formula is C25H27Cl2NO4. The smallest absolute Gasteiger partial charge is 0.121 e. The summed E-state index contributed by atoms with van der Waals surface area (Å²) >= 11 is 12.4. The molecule has 0 radical (unpaired) electrons. The molecule has 0 bridgehead atoms. The second kappa shape index (κ2) is 12.2. The Hall–Kier alpha value is -2.12. The predicted molar refractivity (Wildman–Crippen MR) is 127 cm³/mol. The molecule has 0 spiro atoms. The molecule has 0 amide bonds. The van der Waals surface area contributed by atoms with E-state index < -0.39 is 6.10 Å². The van der Waals surface area contributed by atoms with Gasteiger partial charge in [0.25, 0.3) is 0 Å². The summed E-state index contributed by atoms with van der Waals surface area (Å²) in [6, 6.07) is 18.3. The number of aromatic hydroxyl groups is 1. The summed E-state index contributed by atoms with van der Waals surface area (Å²) in [4.78, 5) is 0. The first-order valence-electron chi connectivity index (χ1n) is 10.4. The van der Waals surface area contributed by atoms with Crippen LogP contribution in [0.25, 0.3) is 0 Å². The number of aliphatic hydroxyl groups is 2. The van der Waals surface area contributed by atoms with E-state index in [4.69, 9.17) is 27.9 Å². The SMILES string of the molecule is OCc1cc([C@@H](O)CNCCc2cccc(COCc3c(Cl)cccc3Cl)c2)ccc1O. The van der Waals surface area contributed by atoms with Crippen molar-refractivity contribution in [2.45, 2.75) is 32.3 Å². The minimum atomic E-state index is -0.725. The molecule has 3 aromatic carbocycles. The maximum absolute atomic E-state index is 10.3. The Morgan fingerprint density at radius 1 is 0.906 bits per heavy atom. The van der Waals surface area contributed by atoms with Crippen LogP contribution in [-0.2, 0) is 31.0 Å². The van der Waals surface area contributed by atoms with Crippen LogP contribution in [0.4, 0.5) is 0 Å². The van der Waals surface area contributed by atoms with Gasteiger partial charge in [-0.2, -0.15) is 0 Å². The van der Waals surface area contributed by atoms with E-state index in [0.29, 0.717) is 47.5 Å². The molecule has 0 aliphatic heterocycles. The first kappa shape index (κ1) is 24.5. The number of benzene rings is 3. The number of ether oxygens (including phenoxy) is 1. The molecule has 0 heterocycles. The molecule has 0 aromatic heterocycles. The quantitative estimate of drug-likeness (QED) is 0.300. The Morgan fingerprint density at radius 2 is 1.62 bits per heavy atom. The number of nitrogens with one attached hydrogen (secondary N) is 1. The molecule has 5 nitrogen and oxygen atoms in total. The molecule has 3 rings (SSSR count). The van der Waals surface area contributed by atoms with E-state index in [0.717, 1.165) is 23.1 Å². The van der Waals surface area contributed by atoms with Crippen molar-refractivity contribution in [2.24, 2.45) is 0 Å². The Bertz CT molecular complexity index is 1010. The van der Waals surface area contributed by atoms with Gasteiger partial charge in [-0.3, -0.25) is 0 Å². The number of hydrogen-bond donors (Lipinski definition) is 4. The van der Waals surface area contributed by atoms with Gasteiger partial charge in [0.1, 0.15) is 5.75 Å². The molecule has 1 atom stereocenters. The van der Waals surface area contributed by atoms with Gasteiger partial charge in [-0.25, -0.2) is 0 Å². The van der Waals surface area contributed by atoms with Gasteiger partial charge >= 0.3 is 0 Å². The van der Waals surface area contributed by atoms with Gasteiger partial charge in [0.15, 0.2) is 0 Å². The maximum atomic E-state index is 10.3. The van der Waals surface area contributed by atoms with Crippen LogP contribution < -0.4 is 5.32 Å².